The second kappa shape index (κ2) is 14.9. The number of aliphatic hydroxyl groups excluding tert-OH is 3. The van der Waals surface area contributed by atoms with E-state index in [1.807, 2.05) is 31.2 Å². The Bertz CT molecular complexity index is 1060. The van der Waals surface area contributed by atoms with E-state index in [-0.39, 0.29) is 17.2 Å². The maximum Gasteiger partial charge on any atom is 0.237 e. The van der Waals surface area contributed by atoms with Crippen molar-refractivity contribution in [1.29, 1.82) is 0 Å². The lowest BCUT2D eigenvalue weighted by atomic mass is 9.87. The lowest BCUT2D eigenvalue weighted by molar-refractivity contribution is -0.205. The Kier molecular flexibility index (Phi) is 11.7. The van der Waals surface area contributed by atoms with Crippen LogP contribution in [0.5, 0.6) is 0 Å². The normalized spacial score (nSPS) is 30.4. The molecule has 0 spiro atoms. The molecule has 40 heavy (non-hydrogen) atoms. The van der Waals surface area contributed by atoms with Gasteiger partial charge in [0.2, 0.25) is 5.91 Å². The Morgan fingerprint density at radius 2 is 1.85 bits per heavy atom. The number of amides is 1. The summed E-state index contributed by atoms with van der Waals surface area (Å²) in [5.41, 5.74) is 1.19. The highest BCUT2D eigenvalue weighted by atomic mass is 32.2. The number of rotatable bonds is 11. The molecule has 3 heterocycles. The Morgan fingerprint density at radius 1 is 1.12 bits per heavy atom. The number of piperidine rings is 1. The van der Waals surface area contributed by atoms with E-state index in [4.69, 9.17) is 4.74 Å². The summed E-state index contributed by atoms with van der Waals surface area (Å²) in [6.07, 6.45) is 7.18. The van der Waals surface area contributed by atoms with Crippen LogP contribution in [-0.2, 0) is 9.53 Å². The van der Waals surface area contributed by atoms with Crippen molar-refractivity contribution in [3.63, 3.8) is 0 Å². The highest BCUT2D eigenvalue weighted by molar-refractivity contribution is 8.00. The van der Waals surface area contributed by atoms with Crippen molar-refractivity contribution in [1.82, 2.24) is 20.6 Å². The van der Waals surface area contributed by atoms with Crippen LogP contribution in [0.3, 0.4) is 0 Å². The van der Waals surface area contributed by atoms with Crippen LogP contribution in [0, 0.1) is 5.92 Å². The van der Waals surface area contributed by atoms with Gasteiger partial charge in [-0.3, -0.25) is 4.79 Å². The summed E-state index contributed by atoms with van der Waals surface area (Å²) >= 11 is 2.82. The molecule has 9 nitrogen and oxygen atoms in total. The smallest absolute Gasteiger partial charge is 0.237 e. The van der Waals surface area contributed by atoms with Gasteiger partial charge in [-0.1, -0.05) is 45.2 Å². The molecule has 5 N–H and O–H groups in total. The molecular weight excluding hydrogens is 548 g/mol. The lowest BCUT2D eigenvalue weighted by Crippen LogP contribution is -2.65. The quantitative estimate of drug-likeness (QED) is 0.249. The van der Waals surface area contributed by atoms with E-state index in [0.717, 1.165) is 54.7 Å². The van der Waals surface area contributed by atoms with Gasteiger partial charge in [-0.05, 0) is 49.3 Å². The van der Waals surface area contributed by atoms with Crippen LogP contribution >= 0.6 is 23.5 Å². The molecule has 220 valence electrons. The molecule has 1 aromatic carbocycles. The molecule has 0 radical (unpaired) electrons. The van der Waals surface area contributed by atoms with Gasteiger partial charge >= 0.3 is 0 Å². The highest BCUT2D eigenvalue weighted by Gasteiger charge is 2.48. The average Bonchev–Trinajstić information content (AvgIpc) is 2.99. The van der Waals surface area contributed by atoms with Crippen LogP contribution in [0.25, 0.3) is 11.1 Å². The lowest BCUT2D eigenvalue weighted by Gasteiger charge is -2.45. The second-order valence-corrected chi connectivity index (χ2v) is 13.1. The first-order chi connectivity index (χ1) is 19.3. The van der Waals surface area contributed by atoms with Gasteiger partial charge in [0.1, 0.15) is 36.2 Å². The monoisotopic (exact) mass is 590 g/mol. The molecular formula is C29H42N4O5S2. The van der Waals surface area contributed by atoms with Gasteiger partial charge in [0.05, 0.1) is 12.1 Å². The molecule has 2 saturated heterocycles. The Balaban J connectivity index is 1.52. The van der Waals surface area contributed by atoms with Gasteiger partial charge in [0.25, 0.3) is 0 Å². The van der Waals surface area contributed by atoms with E-state index in [1.165, 1.54) is 18.1 Å². The summed E-state index contributed by atoms with van der Waals surface area (Å²) in [6.45, 7) is 4.96. The molecule has 1 aromatic heterocycles. The number of ether oxygens (including phenoxy) is 1. The molecule has 0 aliphatic carbocycles. The zero-order valence-electron chi connectivity index (χ0n) is 23.3. The van der Waals surface area contributed by atoms with Crippen molar-refractivity contribution in [3.05, 3.63) is 43.0 Å². The van der Waals surface area contributed by atoms with E-state index in [0.29, 0.717) is 5.92 Å². The molecule has 0 saturated carbocycles. The van der Waals surface area contributed by atoms with E-state index in [9.17, 15) is 20.1 Å². The second-order valence-electron chi connectivity index (χ2n) is 10.7. The van der Waals surface area contributed by atoms with Gasteiger partial charge < -0.3 is 30.7 Å². The number of aromatic nitrogens is 2. The molecule has 0 bridgehead atoms. The number of hydrogen-bond donors (Lipinski definition) is 5. The average molecular weight is 591 g/mol. The summed E-state index contributed by atoms with van der Waals surface area (Å²) in [7, 11) is 0. The van der Waals surface area contributed by atoms with Gasteiger partial charge in [0, 0.05) is 28.1 Å². The van der Waals surface area contributed by atoms with E-state index in [1.54, 1.807) is 30.4 Å². The Hall–Kier alpha value is -1.73. The minimum atomic E-state index is -1.38. The molecule has 5 unspecified atom stereocenters. The number of aliphatic hydroxyl groups is 3. The van der Waals surface area contributed by atoms with Crippen LogP contribution in [-0.4, -0.2) is 91.2 Å². The molecule has 4 rings (SSSR count). The maximum absolute atomic E-state index is 13.6. The predicted molar refractivity (Wildman–Crippen MR) is 159 cm³/mol. The first-order valence-electron chi connectivity index (χ1n) is 14.1. The Morgan fingerprint density at radius 3 is 2.52 bits per heavy atom. The number of thioether (sulfide) groups is 2. The first kappa shape index (κ1) is 31.2. The third kappa shape index (κ3) is 7.76. The van der Waals surface area contributed by atoms with Crippen LogP contribution in [0.1, 0.15) is 46.0 Å². The van der Waals surface area contributed by atoms with Crippen molar-refractivity contribution in [2.24, 2.45) is 5.92 Å². The van der Waals surface area contributed by atoms with Crippen molar-refractivity contribution in [3.8, 4) is 11.1 Å². The topological polar surface area (TPSA) is 137 Å². The van der Waals surface area contributed by atoms with Crippen molar-refractivity contribution >= 4 is 29.4 Å². The van der Waals surface area contributed by atoms with Crippen molar-refractivity contribution < 1.29 is 24.9 Å². The fourth-order valence-electron chi connectivity index (χ4n) is 5.51. The fourth-order valence-corrected chi connectivity index (χ4v) is 7.28. The number of hydrogen-bond acceptors (Lipinski definition) is 10. The SMILES string of the molecule is CCCC[C@@H]1CCNC(C(=O)N[C@@H](C2OC(SC)[C@@H](O)C(O)C2O)[C@H](C)Sc2ccc(-c3cncnc3)cc2)C1. The van der Waals surface area contributed by atoms with Crippen LogP contribution in [0.4, 0.5) is 0 Å². The summed E-state index contributed by atoms with van der Waals surface area (Å²) in [6, 6.07) is 7.06. The molecule has 2 aliphatic heterocycles. The highest BCUT2D eigenvalue weighted by Crippen LogP contribution is 2.34. The Labute approximate surface area is 245 Å². The van der Waals surface area contributed by atoms with Crippen LogP contribution < -0.4 is 10.6 Å². The standard InChI is InChI=1S/C29H42N4O5S2/c1-4-5-6-18-11-12-32-22(13-18)28(37)33-23(27-25(35)24(34)26(36)29(38-27)39-3)17(2)40-21-9-7-19(8-10-21)20-14-30-16-31-15-20/h7-10,14-18,22-27,29,32,34-36H,4-6,11-13H2,1-3H3,(H,33,37)/t17-,18+,22?,23+,24?,25?,26-,27?,29?/m0/s1. The third-order valence-corrected chi connectivity index (χ3v) is 9.94. The fraction of sp³-hybridized carbons (Fsp3) is 0.621. The molecule has 2 aromatic rings. The van der Waals surface area contributed by atoms with Crippen LogP contribution in [0.15, 0.2) is 47.9 Å². The molecule has 9 atom stereocenters. The summed E-state index contributed by atoms with van der Waals surface area (Å²) < 4.78 is 6.13. The third-order valence-electron chi connectivity index (χ3n) is 7.87. The number of carbonyl (C=O) groups excluding carboxylic acids is 1. The minimum Gasteiger partial charge on any atom is -0.388 e. The van der Waals surface area contributed by atoms with E-state index >= 15 is 0 Å². The molecule has 2 fully saturated rings. The molecule has 1 amide bonds. The summed E-state index contributed by atoms with van der Waals surface area (Å²) in [4.78, 5) is 22.7. The van der Waals surface area contributed by atoms with Gasteiger partial charge in [-0.2, -0.15) is 0 Å². The number of nitrogens with one attached hydrogen (secondary N) is 2. The number of nitrogens with zero attached hydrogens (tertiary/aromatic N) is 2. The van der Waals surface area contributed by atoms with Gasteiger partial charge in [-0.15, -0.1) is 23.5 Å². The largest absolute Gasteiger partial charge is 0.388 e. The van der Waals surface area contributed by atoms with Gasteiger partial charge in [-0.25, -0.2) is 9.97 Å². The summed E-state index contributed by atoms with van der Waals surface area (Å²) in [5.74, 6) is 0.375. The first-order valence-corrected chi connectivity index (χ1v) is 16.3. The predicted octanol–water partition coefficient (Wildman–Crippen LogP) is 2.84. The van der Waals surface area contributed by atoms with E-state index < -0.39 is 35.9 Å². The minimum absolute atomic E-state index is 0.129. The van der Waals surface area contributed by atoms with Gasteiger partial charge in [0.15, 0.2) is 0 Å². The summed E-state index contributed by atoms with van der Waals surface area (Å²) in [5, 5.41) is 38.4. The zero-order chi connectivity index (χ0) is 28.6. The molecule has 2 aliphatic rings. The maximum atomic E-state index is 13.6. The number of benzene rings is 1. The van der Waals surface area contributed by atoms with Crippen molar-refractivity contribution in [2.45, 2.75) is 98.0 Å². The number of unbranched alkanes of at least 4 members (excludes halogenated alkanes) is 1. The number of carbonyl (C=O) groups is 1. The molecule has 11 heteroatoms. The van der Waals surface area contributed by atoms with Crippen molar-refractivity contribution in [2.75, 3.05) is 12.8 Å². The van der Waals surface area contributed by atoms with Crippen LogP contribution in [0.2, 0.25) is 0 Å². The van der Waals surface area contributed by atoms with E-state index in [2.05, 4.69) is 27.5 Å². The zero-order valence-corrected chi connectivity index (χ0v) is 25.0.